The summed E-state index contributed by atoms with van der Waals surface area (Å²) < 4.78 is 3.65. The number of fused-ring (bicyclic) bond motifs is 6. The number of rotatable bonds is 3. The first-order valence-corrected chi connectivity index (χ1v) is 10.5. The van der Waals surface area contributed by atoms with Gasteiger partial charge in [-0.25, -0.2) is 14.8 Å². The number of hydrogen-bond donors (Lipinski definition) is 2. The lowest BCUT2D eigenvalue weighted by Crippen LogP contribution is -2.48. The van der Waals surface area contributed by atoms with Crippen LogP contribution in [0, 0.1) is 0 Å². The zero-order chi connectivity index (χ0) is 18.8. The average Bonchev–Trinajstić information content (AvgIpc) is 3.12. The lowest BCUT2D eigenvalue weighted by molar-refractivity contribution is -0.0677. The minimum atomic E-state index is -0.468. The Hall–Kier alpha value is -1.89. The first-order valence-electron chi connectivity index (χ1n) is 10.5. The highest BCUT2D eigenvalue weighted by atomic mass is 16.3. The molecule has 0 unspecified atom stereocenters. The van der Waals surface area contributed by atoms with Crippen LogP contribution < -0.4 is 11.0 Å². The molecule has 6 rings (SSSR count). The number of hydrogen-bond acceptors (Lipinski definition) is 5. The summed E-state index contributed by atoms with van der Waals surface area (Å²) in [6.45, 7) is 5.62. The molecule has 0 saturated heterocycles. The van der Waals surface area contributed by atoms with Crippen molar-refractivity contribution in [3.63, 3.8) is 0 Å². The Labute approximate surface area is 159 Å². The average molecular weight is 371 g/mol. The van der Waals surface area contributed by atoms with Crippen LogP contribution in [-0.2, 0) is 18.5 Å². The predicted molar refractivity (Wildman–Crippen MR) is 103 cm³/mol. The molecule has 3 fully saturated rings. The molecule has 3 saturated carbocycles. The Morgan fingerprint density at radius 2 is 1.89 bits per heavy atom. The van der Waals surface area contributed by atoms with Crippen LogP contribution in [0.15, 0.2) is 4.79 Å². The summed E-state index contributed by atoms with van der Waals surface area (Å²) in [5, 5.41) is 14.0. The summed E-state index contributed by atoms with van der Waals surface area (Å²) in [4.78, 5) is 23.1. The predicted octanol–water partition coefficient (Wildman–Crippen LogP) is 2.50. The van der Waals surface area contributed by atoms with Crippen LogP contribution in [-0.4, -0.2) is 35.9 Å². The number of aliphatic hydroxyl groups is 1. The molecule has 146 valence electrons. The number of aromatic nitrogens is 4. The molecule has 0 aromatic rings. The fourth-order valence-corrected chi connectivity index (χ4v) is 5.29. The molecule has 0 aromatic heterocycles. The second-order valence-electron chi connectivity index (χ2n) is 8.99. The third kappa shape index (κ3) is 2.47. The molecule has 0 radical (unpaired) electrons. The third-order valence-electron chi connectivity index (χ3n) is 7.15. The second-order valence-corrected chi connectivity index (χ2v) is 8.99. The van der Waals surface area contributed by atoms with Crippen molar-refractivity contribution in [1.29, 1.82) is 0 Å². The van der Waals surface area contributed by atoms with Crippen LogP contribution >= 0.6 is 0 Å². The molecule has 3 aliphatic carbocycles. The van der Waals surface area contributed by atoms with Crippen molar-refractivity contribution < 1.29 is 5.11 Å². The van der Waals surface area contributed by atoms with E-state index in [-0.39, 0.29) is 11.1 Å². The van der Waals surface area contributed by atoms with Gasteiger partial charge in [-0.2, -0.15) is 0 Å². The molecule has 0 amide bonds. The zero-order valence-electron chi connectivity index (χ0n) is 16.3. The molecule has 7 heteroatoms. The number of nitrogens with one attached hydrogen (secondary N) is 1. The molecule has 3 aliphatic heterocycles. The van der Waals surface area contributed by atoms with Crippen molar-refractivity contribution in [3.8, 4) is 11.5 Å². The first-order chi connectivity index (χ1) is 12.9. The van der Waals surface area contributed by atoms with Crippen LogP contribution in [0.3, 0.4) is 0 Å². The minimum Gasteiger partial charge on any atom is -0.390 e. The van der Waals surface area contributed by atoms with Gasteiger partial charge in [-0.05, 0) is 58.3 Å². The topological polar surface area (TPSA) is 85.0 Å². The standard InChI is InChI=1S/C20H29N5O2/c1-3-11-24-16-14(15-21-13(2)4-12-25(15)18(24)26)22-17(23-16)19-5-8-20(27,9-6-19)10-7-19/h13,21,27H,3-12H2,1-2H3/t13-,19?,20?/m1/s1. The van der Waals surface area contributed by atoms with Gasteiger partial charge in [-0.1, -0.05) is 6.92 Å². The molecule has 2 N–H and O–H groups in total. The van der Waals surface area contributed by atoms with E-state index in [1.165, 1.54) is 0 Å². The molecule has 1 atom stereocenters. The molecule has 27 heavy (non-hydrogen) atoms. The summed E-state index contributed by atoms with van der Waals surface area (Å²) in [5.74, 6) is 2.45. The quantitative estimate of drug-likeness (QED) is 0.866. The van der Waals surface area contributed by atoms with E-state index in [4.69, 9.17) is 9.97 Å². The van der Waals surface area contributed by atoms with Crippen molar-refractivity contribution in [2.45, 2.75) is 95.4 Å². The smallest absolute Gasteiger partial charge is 0.331 e. The highest BCUT2D eigenvalue weighted by Gasteiger charge is 2.51. The molecule has 3 heterocycles. The monoisotopic (exact) mass is 371 g/mol. The van der Waals surface area contributed by atoms with Crippen LogP contribution in [0.1, 0.15) is 71.0 Å². The maximum atomic E-state index is 13.1. The van der Waals surface area contributed by atoms with Gasteiger partial charge in [0.25, 0.3) is 0 Å². The van der Waals surface area contributed by atoms with Gasteiger partial charge in [0.15, 0.2) is 5.82 Å². The van der Waals surface area contributed by atoms with Gasteiger partial charge in [0.2, 0.25) is 0 Å². The van der Waals surface area contributed by atoms with Crippen molar-refractivity contribution >= 4 is 5.82 Å². The van der Waals surface area contributed by atoms with Gasteiger partial charge in [0.05, 0.1) is 5.60 Å². The van der Waals surface area contributed by atoms with E-state index >= 15 is 0 Å². The Kier molecular flexibility index (Phi) is 3.70. The van der Waals surface area contributed by atoms with Crippen LogP contribution in [0.25, 0.3) is 11.5 Å². The molecule has 0 aromatic carbocycles. The van der Waals surface area contributed by atoms with Crippen molar-refractivity contribution in [3.05, 3.63) is 16.3 Å². The highest BCUT2D eigenvalue weighted by molar-refractivity contribution is 5.69. The van der Waals surface area contributed by atoms with Crippen LogP contribution in [0.5, 0.6) is 0 Å². The Bertz CT molecular complexity index is 889. The molecular weight excluding hydrogens is 342 g/mol. The summed E-state index contributed by atoms with van der Waals surface area (Å²) in [7, 11) is 0. The van der Waals surface area contributed by atoms with E-state index in [1.54, 1.807) is 0 Å². The van der Waals surface area contributed by atoms with Crippen LogP contribution in [0.4, 0.5) is 5.82 Å². The van der Waals surface area contributed by atoms with Gasteiger partial charge < -0.3 is 10.4 Å². The normalized spacial score (nSPS) is 32.5. The SMILES string of the molecule is CCCn1c2nc(C34CCC(O)(CC3)CC4)nc-2c2n(c1=O)CC[C@@H](C)N2. The summed E-state index contributed by atoms with van der Waals surface area (Å²) in [6, 6.07) is 0.326. The van der Waals surface area contributed by atoms with Gasteiger partial charge in [-0.3, -0.25) is 9.13 Å². The number of anilines is 1. The van der Waals surface area contributed by atoms with Gasteiger partial charge in [0, 0.05) is 24.5 Å². The molecule has 6 aliphatic rings. The fourth-order valence-electron chi connectivity index (χ4n) is 5.29. The van der Waals surface area contributed by atoms with Gasteiger partial charge in [-0.15, -0.1) is 0 Å². The molecule has 0 spiro atoms. The maximum absolute atomic E-state index is 13.1. The van der Waals surface area contributed by atoms with E-state index in [9.17, 15) is 9.90 Å². The lowest BCUT2D eigenvalue weighted by atomic mass is 9.58. The highest BCUT2D eigenvalue weighted by Crippen LogP contribution is 2.53. The first kappa shape index (κ1) is 17.2. The summed E-state index contributed by atoms with van der Waals surface area (Å²) in [5.41, 5.74) is 0.355. The summed E-state index contributed by atoms with van der Waals surface area (Å²) >= 11 is 0. The van der Waals surface area contributed by atoms with Crippen molar-refractivity contribution in [2.24, 2.45) is 0 Å². The largest absolute Gasteiger partial charge is 0.390 e. The van der Waals surface area contributed by atoms with E-state index < -0.39 is 5.60 Å². The third-order valence-corrected chi connectivity index (χ3v) is 7.15. The van der Waals surface area contributed by atoms with Crippen molar-refractivity contribution in [2.75, 3.05) is 5.32 Å². The van der Waals surface area contributed by atoms with Crippen LogP contribution in [0.2, 0.25) is 0 Å². The zero-order valence-corrected chi connectivity index (χ0v) is 16.3. The van der Waals surface area contributed by atoms with E-state index in [2.05, 4.69) is 19.2 Å². The van der Waals surface area contributed by atoms with Gasteiger partial charge >= 0.3 is 5.69 Å². The Morgan fingerprint density at radius 1 is 1.19 bits per heavy atom. The van der Waals surface area contributed by atoms with Crippen molar-refractivity contribution in [1.82, 2.24) is 19.1 Å². The lowest BCUT2D eigenvalue weighted by Gasteiger charge is -2.49. The molecule has 7 nitrogen and oxygen atoms in total. The van der Waals surface area contributed by atoms with Gasteiger partial charge in [0.1, 0.15) is 17.3 Å². The van der Waals surface area contributed by atoms with E-state index in [1.807, 2.05) is 9.13 Å². The summed E-state index contributed by atoms with van der Waals surface area (Å²) in [6.07, 6.45) is 7.16. The second kappa shape index (κ2) is 5.80. The number of imidazole rings is 1. The van der Waals surface area contributed by atoms with E-state index in [0.29, 0.717) is 12.6 Å². The molecular formula is C20H29N5O2. The molecule has 2 bridgehead atoms. The Morgan fingerprint density at radius 3 is 2.56 bits per heavy atom. The van der Waals surface area contributed by atoms with E-state index in [0.717, 1.165) is 81.1 Å². The number of nitrogens with zero attached hydrogens (tertiary/aromatic N) is 4. The fraction of sp³-hybridized carbons (Fsp3) is 0.750. The maximum Gasteiger partial charge on any atom is 0.331 e. The minimum absolute atomic E-state index is 0.0179. The Balaban J connectivity index is 1.68.